The topological polar surface area (TPSA) is 152 Å². The molecule has 0 amide bonds. The summed E-state index contributed by atoms with van der Waals surface area (Å²) in [6.07, 6.45) is 34.0. The van der Waals surface area contributed by atoms with E-state index < -0.39 is 55.4 Å². The average Bonchev–Trinajstić information content (AvgIpc) is 3.18. The molecule has 1 rings (SSSR count). The van der Waals surface area contributed by atoms with Gasteiger partial charge in [-0.25, -0.2) is 0 Å². The Morgan fingerprint density at radius 2 is 1.05 bits per heavy atom. The lowest BCUT2D eigenvalue weighted by Gasteiger charge is -2.39. The van der Waals surface area contributed by atoms with E-state index in [1.54, 1.807) is 0 Å². The number of ether oxygens (including phenoxy) is 4. The van der Waals surface area contributed by atoms with Gasteiger partial charge in [-0.15, -0.1) is 0 Å². The van der Waals surface area contributed by atoms with E-state index in [4.69, 9.17) is 18.9 Å². The van der Waals surface area contributed by atoms with Crippen molar-refractivity contribution < 1.29 is 49.0 Å². The van der Waals surface area contributed by atoms with E-state index >= 15 is 0 Å². The number of allylic oxidation sites excluding steroid dienone is 8. The third-order valence-corrected chi connectivity index (χ3v) is 9.70. The zero-order valence-corrected chi connectivity index (χ0v) is 34.4. The first-order valence-electron chi connectivity index (χ1n) is 21.7. The van der Waals surface area contributed by atoms with E-state index in [1.165, 1.54) is 64.2 Å². The minimum absolute atomic E-state index is 0.224. The fourth-order valence-corrected chi connectivity index (χ4v) is 6.24. The SMILES string of the molecule is CCC/C=C/C/C=C/C/C=C/C/C=C/CCCCCC(=O)OC[C@@H](CO[C@H]1O[C@@H](CO)[C@@H](O)C(O)C1O)OC(=O)CCCCCCCCCCCCCCC. The van der Waals surface area contributed by atoms with Gasteiger partial charge >= 0.3 is 11.9 Å². The lowest BCUT2D eigenvalue weighted by atomic mass is 9.99. The van der Waals surface area contributed by atoms with Crippen molar-refractivity contribution in [1.82, 2.24) is 0 Å². The minimum atomic E-state index is -1.60. The second kappa shape index (κ2) is 36.0. The number of esters is 2. The molecule has 6 atom stereocenters. The molecule has 1 aliphatic heterocycles. The van der Waals surface area contributed by atoms with Gasteiger partial charge in [0.25, 0.3) is 0 Å². The Morgan fingerprint density at radius 3 is 1.60 bits per heavy atom. The van der Waals surface area contributed by atoms with Gasteiger partial charge < -0.3 is 39.4 Å². The van der Waals surface area contributed by atoms with E-state index in [2.05, 4.69) is 62.5 Å². The number of aliphatic hydroxyl groups excluding tert-OH is 4. The molecule has 0 saturated carbocycles. The Labute approximate surface area is 333 Å². The van der Waals surface area contributed by atoms with Gasteiger partial charge in [-0.2, -0.15) is 0 Å². The highest BCUT2D eigenvalue weighted by atomic mass is 16.7. The summed E-state index contributed by atoms with van der Waals surface area (Å²) in [4.78, 5) is 25.3. The molecule has 1 aliphatic rings. The molecule has 0 aromatic rings. The highest BCUT2D eigenvalue weighted by Gasteiger charge is 2.44. The van der Waals surface area contributed by atoms with Crippen molar-refractivity contribution in [1.29, 1.82) is 0 Å². The number of aliphatic hydroxyl groups is 4. The van der Waals surface area contributed by atoms with Gasteiger partial charge in [-0.1, -0.05) is 152 Å². The molecule has 0 aromatic carbocycles. The zero-order chi connectivity index (χ0) is 40.2. The fourth-order valence-electron chi connectivity index (χ4n) is 6.24. The molecule has 318 valence electrons. The molecule has 0 spiro atoms. The van der Waals surface area contributed by atoms with Gasteiger partial charge in [-0.05, 0) is 51.4 Å². The number of rotatable bonds is 35. The molecule has 4 N–H and O–H groups in total. The Kier molecular flexibility index (Phi) is 33.2. The number of carbonyl (C=O) groups excluding carboxylic acids is 2. The summed E-state index contributed by atoms with van der Waals surface area (Å²) in [5, 5.41) is 40.0. The number of hydrogen-bond acceptors (Lipinski definition) is 10. The largest absolute Gasteiger partial charge is 0.462 e. The van der Waals surface area contributed by atoms with Gasteiger partial charge in [0.15, 0.2) is 12.4 Å². The molecule has 1 fully saturated rings. The Balaban J connectivity index is 2.37. The number of hydrogen-bond donors (Lipinski definition) is 4. The number of unbranched alkanes of at least 4 members (excludes halogenated alkanes) is 16. The predicted molar refractivity (Wildman–Crippen MR) is 219 cm³/mol. The van der Waals surface area contributed by atoms with Gasteiger partial charge in [0, 0.05) is 12.8 Å². The lowest BCUT2D eigenvalue weighted by molar-refractivity contribution is -0.305. The van der Waals surface area contributed by atoms with E-state index in [-0.39, 0.29) is 26.1 Å². The summed E-state index contributed by atoms with van der Waals surface area (Å²) in [5.74, 6) is -0.843. The highest BCUT2D eigenvalue weighted by molar-refractivity contribution is 5.70. The summed E-state index contributed by atoms with van der Waals surface area (Å²) in [5.41, 5.74) is 0. The predicted octanol–water partition coefficient (Wildman–Crippen LogP) is 8.88. The maximum absolute atomic E-state index is 12.7. The first-order chi connectivity index (χ1) is 26.8. The fraction of sp³-hybridized carbons (Fsp3) is 0.778. The Hall–Kier alpha value is -2.34. The maximum Gasteiger partial charge on any atom is 0.306 e. The van der Waals surface area contributed by atoms with Crippen molar-refractivity contribution in [3.05, 3.63) is 48.6 Å². The van der Waals surface area contributed by atoms with Crippen LogP contribution in [-0.4, -0.2) is 89.0 Å². The maximum atomic E-state index is 12.7. The summed E-state index contributed by atoms with van der Waals surface area (Å²) in [7, 11) is 0. The summed E-state index contributed by atoms with van der Waals surface area (Å²) in [6, 6.07) is 0. The van der Waals surface area contributed by atoms with Crippen LogP contribution >= 0.6 is 0 Å². The van der Waals surface area contributed by atoms with E-state index in [1.807, 2.05) is 0 Å². The van der Waals surface area contributed by atoms with Crippen molar-refractivity contribution in [3.63, 3.8) is 0 Å². The van der Waals surface area contributed by atoms with E-state index in [0.29, 0.717) is 12.8 Å². The highest BCUT2D eigenvalue weighted by Crippen LogP contribution is 2.22. The first kappa shape index (κ1) is 50.7. The van der Waals surface area contributed by atoms with Crippen LogP contribution in [0.2, 0.25) is 0 Å². The quantitative estimate of drug-likeness (QED) is 0.0279. The van der Waals surface area contributed by atoms with Gasteiger partial charge in [-0.3, -0.25) is 9.59 Å². The molecule has 0 radical (unpaired) electrons. The molecule has 10 heteroatoms. The molecule has 0 bridgehead atoms. The third kappa shape index (κ3) is 27.8. The first-order valence-corrected chi connectivity index (χ1v) is 21.7. The molecule has 1 saturated heterocycles. The lowest BCUT2D eigenvalue weighted by Crippen LogP contribution is -2.59. The van der Waals surface area contributed by atoms with Crippen molar-refractivity contribution in [2.75, 3.05) is 19.8 Å². The molecule has 1 heterocycles. The Morgan fingerprint density at radius 1 is 0.564 bits per heavy atom. The third-order valence-electron chi connectivity index (χ3n) is 9.70. The molecule has 55 heavy (non-hydrogen) atoms. The van der Waals surface area contributed by atoms with Crippen molar-refractivity contribution in [2.24, 2.45) is 0 Å². The van der Waals surface area contributed by atoms with Crippen LogP contribution in [0.5, 0.6) is 0 Å². The Bertz CT molecular complexity index is 1040. The van der Waals surface area contributed by atoms with Crippen LogP contribution < -0.4 is 0 Å². The molecular formula is C45H78O10. The standard InChI is InChI=1S/C45H78O10/c1-3-5-7-9-11-13-15-17-18-19-20-22-23-25-27-29-31-33-40(47)52-36-38(37-53-45-44(51)43(50)42(49)39(35-46)55-45)54-41(48)34-32-30-28-26-24-21-16-14-12-10-8-6-4-2/h7,9,13,15,18-19,22-23,38-39,42-46,49-51H,3-6,8,10-12,14,16-17,20-21,24-37H2,1-2H3/b9-7+,15-13+,19-18+,23-22+/t38-,39-,42+,43?,44?,45-/m0/s1. The second-order valence-corrected chi connectivity index (χ2v) is 14.8. The average molecular weight is 779 g/mol. The molecule has 2 unspecified atom stereocenters. The zero-order valence-electron chi connectivity index (χ0n) is 34.4. The van der Waals surface area contributed by atoms with Gasteiger partial charge in [0.1, 0.15) is 31.0 Å². The number of carbonyl (C=O) groups is 2. The second-order valence-electron chi connectivity index (χ2n) is 14.8. The van der Waals surface area contributed by atoms with E-state index in [0.717, 1.165) is 64.2 Å². The van der Waals surface area contributed by atoms with Crippen molar-refractivity contribution in [3.8, 4) is 0 Å². The smallest absolute Gasteiger partial charge is 0.306 e. The molecule has 0 aromatic heterocycles. The summed E-state index contributed by atoms with van der Waals surface area (Å²) >= 11 is 0. The molecular weight excluding hydrogens is 700 g/mol. The van der Waals surface area contributed by atoms with Crippen molar-refractivity contribution in [2.45, 2.75) is 205 Å². The molecule has 10 nitrogen and oxygen atoms in total. The summed E-state index contributed by atoms with van der Waals surface area (Å²) < 4.78 is 22.1. The van der Waals surface area contributed by atoms with Crippen LogP contribution in [0.4, 0.5) is 0 Å². The van der Waals surface area contributed by atoms with Crippen LogP contribution in [0.25, 0.3) is 0 Å². The van der Waals surface area contributed by atoms with E-state index in [9.17, 15) is 30.0 Å². The van der Waals surface area contributed by atoms with Crippen LogP contribution in [0, 0.1) is 0 Å². The summed E-state index contributed by atoms with van der Waals surface area (Å²) in [6.45, 7) is 3.31. The minimum Gasteiger partial charge on any atom is -0.462 e. The monoisotopic (exact) mass is 779 g/mol. The van der Waals surface area contributed by atoms with Crippen LogP contribution in [0.3, 0.4) is 0 Å². The van der Waals surface area contributed by atoms with Crippen LogP contribution in [0.1, 0.15) is 168 Å². The van der Waals surface area contributed by atoms with Crippen LogP contribution in [0.15, 0.2) is 48.6 Å². The van der Waals surface area contributed by atoms with Gasteiger partial charge in [0.2, 0.25) is 0 Å². The normalized spacial score (nSPS) is 21.0. The van der Waals surface area contributed by atoms with Crippen molar-refractivity contribution >= 4 is 11.9 Å². The molecule has 0 aliphatic carbocycles. The van der Waals surface area contributed by atoms with Crippen LogP contribution in [-0.2, 0) is 28.5 Å². The van der Waals surface area contributed by atoms with Gasteiger partial charge in [0.05, 0.1) is 13.2 Å².